The Kier molecular flexibility index (Phi) is 4.90. The second-order valence-corrected chi connectivity index (χ2v) is 8.28. The van der Waals surface area contributed by atoms with Crippen molar-refractivity contribution in [2.75, 3.05) is 5.75 Å². The summed E-state index contributed by atoms with van der Waals surface area (Å²) in [4.78, 5) is 33.2. The van der Waals surface area contributed by atoms with E-state index in [2.05, 4.69) is 9.97 Å². The van der Waals surface area contributed by atoms with Crippen LogP contribution in [0.4, 0.5) is 8.78 Å². The zero-order valence-electron chi connectivity index (χ0n) is 13.5. The van der Waals surface area contributed by atoms with Crippen LogP contribution in [0.1, 0.15) is 10.4 Å². The third-order valence-corrected chi connectivity index (χ3v) is 6.43. The van der Waals surface area contributed by atoms with Crippen molar-refractivity contribution < 1.29 is 13.6 Å². The highest BCUT2D eigenvalue weighted by Gasteiger charge is 2.16. The standard InChI is InChI=1S/C18H10F2N2O2S3/c19-9-3-4-12(20)10(6-9)13(23)8-27-18-21-16(24)15-11(7-26-17(15)22-18)14-2-1-5-25-14/h1-7H,8H2,(H,21,22,24). The van der Waals surface area contributed by atoms with E-state index in [1.54, 1.807) is 0 Å². The van der Waals surface area contributed by atoms with Crippen LogP contribution in [0.15, 0.2) is 51.0 Å². The highest BCUT2D eigenvalue weighted by Crippen LogP contribution is 2.34. The van der Waals surface area contributed by atoms with Crippen LogP contribution in [0.5, 0.6) is 0 Å². The largest absolute Gasteiger partial charge is 0.301 e. The van der Waals surface area contributed by atoms with Crippen LogP contribution < -0.4 is 5.56 Å². The zero-order chi connectivity index (χ0) is 19.0. The number of ketones is 1. The molecule has 1 aromatic carbocycles. The van der Waals surface area contributed by atoms with Gasteiger partial charge < -0.3 is 4.98 Å². The van der Waals surface area contributed by atoms with Crippen LogP contribution >= 0.6 is 34.4 Å². The van der Waals surface area contributed by atoms with Crippen molar-refractivity contribution >= 4 is 50.4 Å². The maximum Gasteiger partial charge on any atom is 0.260 e. The van der Waals surface area contributed by atoms with Crippen LogP contribution in [0.3, 0.4) is 0 Å². The Morgan fingerprint density at radius 1 is 1.22 bits per heavy atom. The van der Waals surface area contributed by atoms with Crippen LogP contribution in [0.25, 0.3) is 20.7 Å². The minimum absolute atomic E-state index is 0.169. The molecule has 0 bridgehead atoms. The lowest BCUT2D eigenvalue weighted by Crippen LogP contribution is -2.11. The number of hydrogen-bond donors (Lipinski definition) is 1. The molecule has 0 saturated carbocycles. The monoisotopic (exact) mass is 420 g/mol. The number of fused-ring (bicyclic) bond motifs is 1. The Hall–Kier alpha value is -2.36. The number of nitrogens with zero attached hydrogens (tertiary/aromatic N) is 1. The smallest absolute Gasteiger partial charge is 0.260 e. The number of Topliss-reactive ketones (excluding diaryl/α,β-unsaturated/α-hetero) is 1. The summed E-state index contributed by atoms with van der Waals surface area (Å²) >= 11 is 3.85. The third-order valence-electron chi connectivity index (χ3n) is 3.78. The number of benzene rings is 1. The van der Waals surface area contributed by atoms with E-state index in [1.165, 1.54) is 22.7 Å². The summed E-state index contributed by atoms with van der Waals surface area (Å²) in [6.45, 7) is 0. The molecular formula is C18H10F2N2O2S3. The maximum absolute atomic E-state index is 13.7. The minimum Gasteiger partial charge on any atom is -0.301 e. The molecule has 3 heterocycles. The fraction of sp³-hybridized carbons (Fsp3) is 0.0556. The van der Waals surface area contributed by atoms with Gasteiger partial charge in [-0.2, -0.15) is 0 Å². The van der Waals surface area contributed by atoms with E-state index < -0.39 is 17.4 Å². The number of carbonyl (C=O) groups is 1. The molecule has 4 aromatic rings. The molecule has 0 aliphatic rings. The molecule has 0 saturated heterocycles. The quantitative estimate of drug-likeness (QED) is 0.281. The van der Waals surface area contributed by atoms with Crippen molar-refractivity contribution in [1.82, 2.24) is 9.97 Å². The van der Waals surface area contributed by atoms with Gasteiger partial charge in [0, 0.05) is 15.8 Å². The Morgan fingerprint density at radius 2 is 2.07 bits per heavy atom. The molecule has 1 N–H and O–H groups in total. The van der Waals surface area contributed by atoms with Crippen LogP contribution in [-0.2, 0) is 0 Å². The van der Waals surface area contributed by atoms with Gasteiger partial charge >= 0.3 is 0 Å². The van der Waals surface area contributed by atoms with Crippen LogP contribution in [0, 0.1) is 11.6 Å². The van der Waals surface area contributed by atoms with Crippen molar-refractivity contribution in [3.8, 4) is 10.4 Å². The Balaban J connectivity index is 1.59. The minimum atomic E-state index is -0.780. The van der Waals surface area contributed by atoms with Gasteiger partial charge in [-0.05, 0) is 29.6 Å². The van der Waals surface area contributed by atoms with Gasteiger partial charge in [0.05, 0.1) is 16.7 Å². The van der Waals surface area contributed by atoms with Gasteiger partial charge in [0.25, 0.3) is 5.56 Å². The summed E-state index contributed by atoms with van der Waals surface area (Å²) < 4.78 is 26.9. The summed E-state index contributed by atoms with van der Waals surface area (Å²) in [6.07, 6.45) is 0. The molecule has 0 spiro atoms. The lowest BCUT2D eigenvalue weighted by molar-refractivity contribution is 0.101. The predicted molar refractivity (Wildman–Crippen MR) is 105 cm³/mol. The van der Waals surface area contributed by atoms with E-state index in [0.29, 0.717) is 10.2 Å². The molecule has 9 heteroatoms. The molecule has 0 aliphatic carbocycles. The van der Waals surface area contributed by atoms with Crippen molar-refractivity contribution in [3.05, 3.63) is 68.6 Å². The van der Waals surface area contributed by atoms with Crippen molar-refractivity contribution in [2.45, 2.75) is 5.16 Å². The maximum atomic E-state index is 13.7. The Morgan fingerprint density at radius 3 is 2.85 bits per heavy atom. The lowest BCUT2D eigenvalue weighted by atomic mass is 10.1. The molecule has 27 heavy (non-hydrogen) atoms. The molecule has 136 valence electrons. The number of hydrogen-bond acceptors (Lipinski definition) is 6. The highest BCUT2D eigenvalue weighted by atomic mass is 32.2. The molecular weight excluding hydrogens is 410 g/mol. The predicted octanol–water partition coefficient (Wildman–Crippen LogP) is 4.97. The van der Waals surface area contributed by atoms with Crippen molar-refractivity contribution in [1.29, 1.82) is 0 Å². The van der Waals surface area contributed by atoms with E-state index >= 15 is 0 Å². The number of aromatic amines is 1. The van der Waals surface area contributed by atoms with Gasteiger partial charge in [-0.1, -0.05) is 17.8 Å². The first-order valence-corrected chi connectivity index (χ1v) is 10.4. The van der Waals surface area contributed by atoms with E-state index in [0.717, 1.165) is 40.4 Å². The molecule has 0 fully saturated rings. The molecule has 4 nitrogen and oxygen atoms in total. The number of thiophene rings is 2. The number of rotatable bonds is 5. The second-order valence-electron chi connectivity index (χ2n) is 5.51. The Bertz CT molecular complexity index is 1200. The first-order valence-electron chi connectivity index (χ1n) is 7.69. The lowest BCUT2D eigenvalue weighted by Gasteiger charge is -2.03. The molecule has 0 aliphatic heterocycles. The van der Waals surface area contributed by atoms with E-state index in [-0.39, 0.29) is 22.0 Å². The summed E-state index contributed by atoms with van der Waals surface area (Å²) in [5.74, 6) is -2.21. The number of nitrogens with one attached hydrogen (secondary N) is 1. The molecule has 4 rings (SSSR count). The first kappa shape index (κ1) is 18.0. The van der Waals surface area contributed by atoms with E-state index in [9.17, 15) is 18.4 Å². The highest BCUT2D eigenvalue weighted by molar-refractivity contribution is 7.99. The average Bonchev–Trinajstić information content (AvgIpc) is 3.31. The molecule has 0 atom stereocenters. The zero-order valence-corrected chi connectivity index (χ0v) is 15.9. The normalized spacial score (nSPS) is 11.2. The molecule has 0 amide bonds. The van der Waals surface area contributed by atoms with Crippen LogP contribution in [-0.4, -0.2) is 21.5 Å². The number of aromatic nitrogens is 2. The van der Waals surface area contributed by atoms with E-state index in [4.69, 9.17) is 0 Å². The summed E-state index contributed by atoms with van der Waals surface area (Å²) in [7, 11) is 0. The first-order chi connectivity index (χ1) is 13.0. The number of carbonyl (C=O) groups excluding carboxylic acids is 1. The van der Waals surface area contributed by atoms with Crippen molar-refractivity contribution in [2.24, 2.45) is 0 Å². The fourth-order valence-corrected chi connectivity index (χ4v) is 5.10. The molecule has 0 radical (unpaired) electrons. The average molecular weight is 420 g/mol. The summed E-state index contributed by atoms with van der Waals surface area (Å²) in [5, 5.41) is 4.58. The molecule has 3 aromatic heterocycles. The van der Waals surface area contributed by atoms with E-state index in [1.807, 2.05) is 22.9 Å². The third kappa shape index (κ3) is 3.58. The van der Waals surface area contributed by atoms with Gasteiger partial charge in [0.2, 0.25) is 0 Å². The fourth-order valence-electron chi connectivity index (χ4n) is 2.53. The van der Waals surface area contributed by atoms with Crippen molar-refractivity contribution in [3.63, 3.8) is 0 Å². The van der Waals surface area contributed by atoms with Gasteiger partial charge in [-0.25, -0.2) is 13.8 Å². The van der Waals surface area contributed by atoms with Crippen LogP contribution in [0.2, 0.25) is 0 Å². The van der Waals surface area contributed by atoms with Gasteiger partial charge in [0.1, 0.15) is 16.5 Å². The number of H-pyrrole nitrogens is 1. The van der Waals surface area contributed by atoms with Gasteiger partial charge in [-0.3, -0.25) is 9.59 Å². The number of halogens is 2. The summed E-state index contributed by atoms with van der Waals surface area (Å²) in [6, 6.07) is 6.57. The Labute approximate surface area is 163 Å². The second kappa shape index (κ2) is 7.34. The molecule has 0 unspecified atom stereocenters. The number of thioether (sulfide) groups is 1. The topological polar surface area (TPSA) is 62.8 Å². The van der Waals surface area contributed by atoms with Gasteiger partial charge in [0.15, 0.2) is 10.9 Å². The SMILES string of the molecule is O=C(CSc1nc2scc(-c3cccs3)c2c(=O)[nH]1)c1cc(F)ccc1F. The summed E-state index contributed by atoms with van der Waals surface area (Å²) in [5.41, 5.74) is 0.215. The van der Waals surface area contributed by atoms with Gasteiger partial charge in [-0.15, -0.1) is 22.7 Å².